The molecular weight excluding hydrogens is 229 g/mol. The van der Waals surface area contributed by atoms with Crippen LogP contribution < -0.4 is 0 Å². The van der Waals surface area contributed by atoms with Gasteiger partial charge in [0, 0.05) is 18.6 Å². The maximum absolute atomic E-state index is 12.3. The Bertz CT molecular complexity index is 470. The summed E-state index contributed by atoms with van der Waals surface area (Å²) in [6.07, 6.45) is -3.01. The van der Waals surface area contributed by atoms with E-state index >= 15 is 0 Å². The highest BCUT2D eigenvalue weighted by molar-refractivity contribution is 6.07. The zero-order valence-electron chi connectivity index (χ0n) is 9.25. The Labute approximate surface area is 96.9 Å². The summed E-state index contributed by atoms with van der Waals surface area (Å²) >= 11 is 0. The van der Waals surface area contributed by atoms with E-state index in [1.807, 2.05) is 6.92 Å². The highest BCUT2D eigenvalue weighted by atomic mass is 19.4. The summed E-state index contributed by atoms with van der Waals surface area (Å²) in [6, 6.07) is 5.16. The van der Waals surface area contributed by atoms with E-state index in [1.165, 1.54) is 12.1 Å². The second-order valence-electron chi connectivity index (χ2n) is 4.05. The minimum atomic E-state index is -4.27. The molecule has 2 nitrogen and oxygen atoms in total. The van der Waals surface area contributed by atoms with Crippen molar-refractivity contribution in [2.45, 2.75) is 25.9 Å². The van der Waals surface area contributed by atoms with Crippen LogP contribution in [0.2, 0.25) is 0 Å². The predicted octanol–water partition coefficient (Wildman–Crippen LogP) is 3.47. The zero-order chi connectivity index (χ0) is 12.5. The summed E-state index contributed by atoms with van der Waals surface area (Å²) in [5.74, 6) is 0. The number of hydrogen-bond donors (Lipinski definition) is 0. The van der Waals surface area contributed by atoms with Crippen molar-refractivity contribution in [3.8, 4) is 0 Å². The molecule has 0 aromatic heterocycles. The van der Waals surface area contributed by atoms with Gasteiger partial charge in [-0.25, -0.2) is 0 Å². The summed E-state index contributed by atoms with van der Waals surface area (Å²) in [4.78, 5) is 0. The quantitative estimate of drug-likeness (QED) is 0.756. The van der Waals surface area contributed by atoms with Crippen molar-refractivity contribution in [3.05, 3.63) is 35.4 Å². The van der Waals surface area contributed by atoms with Crippen LogP contribution >= 0.6 is 0 Å². The third-order valence-corrected chi connectivity index (χ3v) is 2.51. The maximum Gasteiger partial charge on any atom is 0.416 e. The Morgan fingerprint density at radius 2 is 1.76 bits per heavy atom. The van der Waals surface area contributed by atoms with E-state index in [-0.39, 0.29) is 0 Å². The van der Waals surface area contributed by atoms with Gasteiger partial charge in [-0.15, -0.1) is 0 Å². The Morgan fingerprint density at radius 3 is 2.24 bits per heavy atom. The van der Waals surface area contributed by atoms with Crippen molar-refractivity contribution in [1.29, 1.82) is 0 Å². The predicted molar refractivity (Wildman–Crippen MR) is 60.3 cm³/mol. The first-order chi connectivity index (χ1) is 7.95. The third-order valence-electron chi connectivity index (χ3n) is 2.51. The average Bonchev–Trinajstić information content (AvgIpc) is 2.63. The number of halogens is 3. The molecule has 0 atom stereocenters. The first-order valence-corrected chi connectivity index (χ1v) is 5.20. The van der Waals surface area contributed by atoms with Gasteiger partial charge >= 0.3 is 6.18 Å². The van der Waals surface area contributed by atoms with Crippen molar-refractivity contribution < 1.29 is 13.2 Å². The van der Waals surface area contributed by atoms with E-state index in [1.54, 1.807) is 0 Å². The lowest BCUT2D eigenvalue weighted by Crippen LogP contribution is -2.06. The molecule has 0 aliphatic carbocycles. The highest BCUT2D eigenvalue weighted by Gasteiger charge is 2.29. The average molecular weight is 240 g/mol. The van der Waals surface area contributed by atoms with E-state index in [9.17, 15) is 13.2 Å². The molecule has 0 radical (unpaired) electrons. The van der Waals surface area contributed by atoms with Gasteiger partial charge in [-0.3, -0.25) is 0 Å². The lowest BCUT2D eigenvalue weighted by atomic mass is 10.0. The fraction of sp³-hybridized carbons (Fsp3) is 0.333. The van der Waals surface area contributed by atoms with Crippen LogP contribution in [0, 0.1) is 0 Å². The minimum absolute atomic E-state index is 0.555. The lowest BCUT2D eigenvalue weighted by molar-refractivity contribution is -0.137. The Balaban J connectivity index is 2.05. The summed E-state index contributed by atoms with van der Waals surface area (Å²) in [5.41, 5.74) is 2.03. The SMILES string of the molecule is CC1=NN=C(Cc2ccc(C(F)(F)F)cc2)C1. The first-order valence-electron chi connectivity index (χ1n) is 5.20. The standard InChI is InChI=1S/C12H11F3N2/c1-8-6-11(17-16-8)7-9-2-4-10(5-3-9)12(13,14)15/h2-5H,6-7H2,1H3. The largest absolute Gasteiger partial charge is 0.416 e. The van der Waals surface area contributed by atoms with E-state index in [2.05, 4.69) is 10.2 Å². The zero-order valence-corrected chi connectivity index (χ0v) is 9.25. The molecule has 1 aliphatic rings. The normalized spacial score (nSPS) is 15.8. The molecule has 90 valence electrons. The van der Waals surface area contributed by atoms with Crippen molar-refractivity contribution in [3.63, 3.8) is 0 Å². The van der Waals surface area contributed by atoms with Gasteiger partial charge in [0.1, 0.15) is 0 Å². The molecule has 1 aliphatic heterocycles. The molecule has 0 bridgehead atoms. The number of nitrogens with zero attached hydrogens (tertiary/aromatic N) is 2. The van der Waals surface area contributed by atoms with Gasteiger partial charge in [0.25, 0.3) is 0 Å². The molecule has 2 rings (SSSR count). The molecule has 5 heteroatoms. The van der Waals surface area contributed by atoms with Crippen molar-refractivity contribution in [2.75, 3.05) is 0 Å². The van der Waals surface area contributed by atoms with E-state index in [4.69, 9.17) is 0 Å². The van der Waals surface area contributed by atoms with Crippen LogP contribution in [0.1, 0.15) is 24.5 Å². The molecule has 0 spiro atoms. The van der Waals surface area contributed by atoms with E-state index in [0.29, 0.717) is 12.8 Å². The van der Waals surface area contributed by atoms with Crippen molar-refractivity contribution >= 4 is 11.4 Å². The van der Waals surface area contributed by atoms with Crippen molar-refractivity contribution in [1.82, 2.24) is 0 Å². The number of benzene rings is 1. The maximum atomic E-state index is 12.3. The Kier molecular flexibility index (Phi) is 3.00. The van der Waals surface area contributed by atoms with Gasteiger partial charge < -0.3 is 0 Å². The summed E-state index contributed by atoms with van der Waals surface area (Å²) in [6.45, 7) is 1.88. The highest BCUT2D eigenvalue weighted by Crippen LogP contribution is 2.29. The van der Waals surface area contributed by atoms with E-state index < -0.39 is 11.7 Å². The second kappa shape index (κ2) is 4.31. The minimum Gasteiger partial charge on any atom is -0.166 e. The molecule has 0 amide bonds. The molecular formula is C12H11F3N2. The molecule has 0 N–H and O–H groups in total. The smallest absolute Gasteiger partial charge is 0.166 e. The number of alkyl halides is 3. The van der Waals surface area contributed by atoms with Crippen LogP contribution in [-0.4, -0.2) is 11.4 Å². The Hall–Kier alpha value is -1.65. The van der Waals surface area contributed by atoms with Crippen LogP contribution in [-0.2, 0) is 12.6 Å². The molecule has 0 unspecified atom stereocenters. The molecule has 1 heterocycles. The van der Waals surface area contributed by atoms with Crippen LogP contribution in [0.15, 0.2) is 34.5 Å². The van der Waals surface area contributed by atoms with Crippen LogP contribution in [0.25, 0.3) is 0 Å². The molecule has 0 fully saturated rings. The van der Waals surface area contributed by atoms with Gasteiger partial charge in [0.05, 0.1) is 11.3 Å². The number of hydrogen-bond acceptors (Lipinski definition) is 2. The molecule has 0 saturated carbocycles. The molecule has 1 aromatic rings. The molecule has 17 heavy (non-hydrogen) atoms. The molecule has 1 aromatic carbocycles. The van der Waals surface area contributed by atoms with Gasteiger partial charge in [-0.2, -0.15) is 23.4 Å². The van der Waals surface area contributed by atoms with Crippen molar-refractivity contribution in [2.24, 2.45) is 10.2 Å². The second-order valence-corrected chi connectivity index (χ2v) is 4.05. The van der Waals surface area contributed by atoms with Crippen LogP contribution in [0.5, 0.6) is 0 Å². The Morgan fingerprint density at radius 1 is 1.12 bits per heavy atom. The van der Waals surface area contributed by atoms with Gasteiger partial charge in [0.15, 0.2) is 0 Å². The number of rotatable bonds is 2. The monoisotopic (exact) mass is 240 g/mol. The fourth-order valence-corrected chi connectivity index (χ4v) is 1.67. The lowest BCUT2D eigenvalue weighted by Gasteiger charge is -2.07. The van der Waals surface area contributed by atoms with Gasteiger partial charge in [-0.1, -0.05) is 12.1 Å². The summed E-state index contributed by atoms with van der Waals surface area (Å²) in [7, 11) is 0. The van der Waals surface area contributed by atoms with Gasteiger partial charge in [0.2, 0.25) is 0 Å². The van der Waals surface area contributed by atoms with Crippen LogP contribution in [0.3, 0.4) is 0 Å². The van der Waals surface area contributed by atoms with Gasteiger partial charge in [-0.05, 0) is 24.6 Å². The molecule has 0 saturated heterocycles. The van der Waals surface area contributed by atoms with E-state index in [0.717, 1.165) is 29.1 Å². The fourth-order valence-electron chi connectivity index (χ4n) is 1.67. The third kappa shape index (κ3) is 2.93. The first kappa shape index (κ1) is 11.8. The summed E-state index contributed by atoms with van der Waals surface area (Å²) < 4.78 is 37.0. The topological polar surface area (TPSA) is 24.7 Å². The van der Waals surface area contributed by atoms with Crippen LogP contribution in [0.4, 0.5) is 13.2 Å². The summed E-state index contributed by atoms with van der Waals surface area (Å²) in [5, 5.41) is 7.86.